The third-order valence-corrected chi connectivity index (χ3v) is 6.14. The summed E-state index contributed by atoms with van der Waals surface area (Å²) in [6.07, 6.45) is 3.31. The minimum atomic E-state index is -0.271. The van der Waals surface area contributed by atoms with Gasteiger partial charge in [-0.2, -0.15) is 0 Å². The van der Waals surface area contributed by atoms with Crippen LogP contribution >= 0.6 is 0 Å². The number of hydrogen-bond donors (Lipinski definition) is 1. The molecule has 0 aliphatic rings. The molecule has 0 saturated heterocycles. The average Bonchev–Trinajstić information content (AvgIpc) is 3.31. The number of amides is 1. The largest absolute Gasteiger partial charge is 0.494 e. The van der Waals surface area contributed by atoms with Crippen molar-refractivity contribution in [2.24, 2.45) is 0 Å². The number of carbonyl (C=O) groups is 2. The molecule has 0 saturated carbocycles. The van der Waals surface area contributed by atoms with Crippen molar-refractivity contribution in [2.45, 2.75) is 34.6 Å². The molecule has 1 aromatic heterocycles. The topological polar surface area (TPSA) is 77.8 Å². The summed E-state index contributed by atoms with van der Waals surface area (Å²) in [7, 11) is 0. The zero-order valence-corrected chi connectivity index (χ0v) is 21.8. The Morgan fingerprint density at radius 1 is 0.946 bits per heavy atom. The molecule has 0 spiro atoms. The monoisotopic (exact) mass is 497 g/mol. The van der Waals surface area contributed by atoms with Gasteiger partial charge in [0.1, 0.15) is 17.1 Å². The lowest BCUT2D eigenvalue weighted by Crippen LogP contribution is -2.09. The van der Waals surface area contributed by atoms with E-state index in [2.05, 4.69) is 5.32 Å². The Labute approximate surface area is 216 Å². The first-order chi connectivity index (χ1) is 17.8. The molecule has 0 unspecified atom stereocenters. The van der Waals surface area contributed by atoms with Crippen LogP contribution in [0.3, 0.4) is 0 Å². The molecule has 37 heavy (non-hydrogen) atoms. The zero-order valence-electron chi connectivity index (χ0n) is 21.8. The van der Waals surface area contributed by atoms with E-state index in [1.165, 1.54) is 6.92 Å². The van der Waals surface area contributed by atoms with Crippen LogP contribution in [0.15, 0.2) is 71.4 Å². The third-order valence-electron chi connectivity index (χ3n) is 6.14. The molecule has 190 valence electrons. The molecule has 0 atom stereocenters. The molecule has 1 amide bonds. The van der Waals surface area contributed by atoms with Crippen molar-refractivity contribution in [2.75, 3.05) is 18.5 Å². The standard InChI is InChI=1S/C31H31NO5/c1-6-35-25-14-10-23(11-15-25)28-18-37-31-20(4)30(36-7-2)26(17-27(28)31)19(3)16-29(34)32-24-12-8-22(9-13-24)21(5)33/h8-18H,6-7H2,1-5H3,(H,32,34)/b19-16+. The van der Waals surface area contributed by atoms with Gasteiger partial charge < -0.3 is 19.2 Å². The SMILES string of the molecule is CCOc1ccc(-c2coc3c(C)c(OCC)c(/C(C)=C/C(=O)Nc4ccc(C(C)=O)cc4)cc23)cc1. The van der Waals surface area contributed by atoms with Crippen molar-refractivity contribution in [3.63, 3.8) is 0 Å². The Balaban J connectivity index is 1.70. The zero-order chi connectivity index (χ0) is 26.5. The van der Waals surface area contributed by atoms with E-state index in [4.69, 9.17) is 13.9 Å². The number of furan rings is 1. The second kappa shape index (κ2) is 11.2. The van der Waals surface area contributed by atoms with Gasteiger partial charge in [-0.25, -0.2) is 0 Å². The minimum Gasteiger partial charge on any atom is -0.494 e. The van der Waals surface area contributed by atoms with Crippen molar-refractivity contribution < 1.29 is 23.5 Å². The number of rotatable bonds is 9. The maximum atomic E-state index is 12.8. The van der Waals surface area contributed by atoms with Crippen LogP contribution in [-0.2, 0) is 4.79 Å². The number of hydrogen-bond acceptors (Lipinski definition) is 5. The normalized spacial score (nSPS) is 11.4. The lowest BCUT2D eigenvalue weighted by Gasteiger charge is -2.15. The molecule has 6 nitrogen and oxygen atoms in total. The number of nitrogens with one attached hydrogen (secondary N) is 1. The van der Waals surface area contributed by atoms with E-state index < -0.39 is 0 Å². The summed E-state index contributed by atoms with van der Waals surface area (Å²) in [5.41, 5.74) is 6.37. The lowest BCUT2D eigenvalue weighted by molar-refractivity contribution is -0.111. The quantitative estimate of drug-likeness (QED) is 0.192. The maximum absolute atomic E-state index is 12.8. The Bertz CT molecular complexity index is 1460. The van der Waals surface area contributed by atoms with Crippen LogP contribution in [0, 0.1) is 6.92 Å². The van der Waals surface area contributed by atoms with Crippen molar-refractivity contribution in [1.29, 1.82) is 0 Å². The van der Waals surface area contributed by atoms with E-state index in [0.29, 0.717) is 30.2 Å². The molecule has 3 aromatic carbocycles. The van der Waals surface area contributed by atoms with Gasteiger partial charge in [0.15, 0.2) is 5.78 Å². The number of carbonyl (C=O) groups excluding carboxylic acids is 2. The number of aryl methyl sites for hydroxylation is 1. The molecule has 1 N–H and O–H groups in total. The smallest absolute Gasteiger partial charge is 0.248 e. The van der Waals surface area contributed by atoms with Gasteiger partial charge in [-0.3, -0.25) is 9.59 Å². The highest BCUT2D eigenvalue weighted by Gasteiger charge is 2.19. The molecular formula is C31H31NO5. The summed E-state index contributed by atoms with van der Waals surface area (Å²) in [5.74, 6) is 1.21. The second-order valence-corrected chi connectivity index (χ2v) is 8.74. The van der Waals surface area contributed by atoms with E-state index in [1.54, 1.807) is 36.6 Å². The number of anilines is 1. The van der Waals surface area contributed by atoms with Crippen molar-refractivity contribution in [3.8, 4) is 22.6 Å². The summed E-state index contributed by atoms with van der Waals surface area (Å²) < 4.78 is 17.6. The first kappa shape index (κ1) is 25.8. The summed E-state index contributed by atoms with van der Waals surface area (Å²) in [4.78, 5) is 24.3. The number of benzene rings is 3. The molecule has 0 aliphatic carbocycles. The summed E-state index contributed by atoms with van der Waals surface area (Å²) in [6, 6.07) is 16.7. The lowest BCUT2D eigenvalue weighted by atomic mass is 9.96. The van der Waals surface area contributed by atoms with Crippen LogP contribution in [0.4, 0.5) is 5.69 Å². The molecular weight excluding hydrogens is 466 g/mol. The summed E-state index contributed by atoms with van der Waals surface area (Å²) >= 11 is 0. The summed E-state index contributed by atoms with van der Waals surface area (Å²) in [5, 5.41) is 3.80. The number of Topliss-reactive ketones (excluding diaryl/α,β-unsaturated/α-hetero) is 1. The van der Waals surface area contributed by atoms with Gasteiger partial charge in [-0.1, -0.05) is 12.1 Å². The van der Waals surface area contributed by atoms with Gasteiger partial charge in [0, 0.05) is 39.4 Å². The number of ether oxygens (including phenoxy) is 2. The van der Waals surface area contributed by atoms with E-state index in [1.807, 2.05) is 58.0 Å². The molecule has 0 fully saturated rings. The molecule has 1 heterocycles. The van der Waals surface area contributed by atoms with Crippen molar-refractivity contribution in [1.82, 2.24) is 0 Å². The van der Waals surface area contributed by atoms with Crippen LogP contribution in [0.1, 0.15) is 49.2 Å². The van der Waals surface area contributed by atoms with E-state index in [0.717, 1.165) is 44.5 Å². The van der Waals surface area contributed by atoms with Crippen molar-refractivity contribution >= 4 is 33.9 Å². The van der Waals surface area contributed by atoms with Crippen LogP contribution < -0.4 is 14.8 Å². The number of allylic oxidation sites excluding steroid dienone is 1. The maximum Gasteiger partial charge on any atom is 0.248 e. The van der Waals surface area contributed by atoms with Gasteiger partial charge >= 0.3 is 0 Å². The van der Waals surface area contributed by atoms with Gasteiger partial charge in [-0.05, 0) is 88.2 Å². The summed E-state index contributed by atoms with van der Waals surface area (Å²) in [6.45, 7) is 10.3. The fourth-order valence-electron chi connectivity index (χ4n) is 4.30. The van der Waals surface area contributed by atoms with Crippen LogP contribution in [-0.4, -0.2) is 24.9 Å². The van der Waals surface area contributed by atoms with Gasteiger partial charge in [-0.15, -0.1) is 0 Å². The first-order valence-corrected chi connectivity index (χ1v) is 12.3. The number of fused-ring (bicyclic) bond motifs is 1. The Morgan fingerprint density at radius 3 is 2.24 bits per heavy atom. The highest BCUT2D eigenvalue weighted by molar-refractivity contribution is 6.06. The molecule has 6 heteroatoms. The fourth-order valence-corrected chi connectivity index (χ4v) is 4.30. The predicted molar refractivity (Wildman–Crippen MR) is 147 cm³/mol. The minimum absolute atomic E-state index is 0.0216. The van der Waals surface area contributed by atoms with E-state index >= 15 is 0 Å². The van der Waals surface area contributed by atoms with Crippen molar-refractivity contribution in [3.05, 3.63) is 83.6 Å². The average molecular weight is 498 g/mol. The molecule has 0 radical (unpaired) electrons. The van der Waals surface area contributed by atoms with E-state index in [9.17, 15) is 9.59 Å². The Morgan fingerprint density at radius 2 is 1.62 bits per heavy atom. The predicted octanol–water partition coefficient (Wildman–Crippen LogP) is 7.45. The first-order valence-electron chi connectivity index (χ1n) is 12.3. The molecule has 0 aliphatic heterocycles. The van der Waals surface area contributed by atoms with Gasteiger partial charge in [0.25, 0.3) is 0 Å². The van der Waals surface area contributed by atoms with E-state index in [-0.39, 0.29) is 11.7 Å². The Hall–Kier alpha value is -4.32. The number of ketones is 1. The highest BCUT2D eigenvalue weighted by Crippen LogP contribution is 2.41. The van der Waals surface area contributed by atoms with Crippen LogP contribution in [0.5, 0.6) is 11.5 Å². The molecule has 0 bridgehead atoms. The second-order valence-electron chi connectivity index (χ2n) is 8.74. The molecule has 4 aromatic rings. The van der Waals surface area contributed by atoms with Gasteiger partial charge in [0.2, 0.25) is 5.91 Å². The highest BCUT2D eigenvalue weighted by atomic mass is 16.5. The van der Waals surface area contributed by atoms with Crippen LogP contribution in [0.25, 0.3) is 27.7 Å². The van der Waals surface area contributed by atoms with Gasteiger partial charge in [0.05, 0.1) is 19.5 Å². The fraction of sp³-hybridized carbons (Fsp3) is 0.226. The van der Waals surface area contributed by atoms with Crippen LogP contribution in [0.2, 0.25) is 0 Å². The molecule has 4 rings (SSSR count). The third kappa shape index (κ3) is 5.59. The Kier molecular flexibility index (Phi) is 7.77.